The highest BCUT2D eigenvalue weighted by Crippen LogP contribution is 2.21. The molecule has 1 aromatic rings. The molecule has 0 atom stereocenters. The predicted molar refractivity (Wildman–Crippen MR) is 60.3 cm³/mol. The van der Waals surface area contributed by atoms with Gasteiger partial charge in [-0.3, -0.25) is 0 Å². The van der Waals surface area contributed by atoms with Gasteiger partial charge in [-0.1, -0.05) is 22.0 Å². The van der Waals surface area contributed by atoms with E-state index in [1.807, 2.05) is 18.2 Å². The summed E-state index contributed by atoms with van der Waals surface area (Å²) in [5, 5.41) is 0. The second-order valence-electron chi connectivity index (χ2n) is 3.38. The van der Waals surface area contributed by atoms with Crippen LogP contribution in [0.5, 0.6) is 0 Å². The zero-order chi connectivity index (χ0) is 10.8. The van der Waals surface area contributed by atoms with Crippen LogP contribution in [-0.4, -0.2) is 24.1 Å². The first-order valence-corrected chi connectivity index (χ1v) is 5.42. The smallest absolute Gasteiger partial charge is 0.410 e. The maximum absolute atomic E-state index is 11.2. The first kappa shape index (κ1) is 10.3. The minimum Gasteiger partial charge on any atom is -0.448 e. The molecule has 0 spiro atoms. The van der Waals surface area contributed by atoms with Crippen LogP contribution in [0.25, 0.3) is 0 Å². The van der Waals surface area contributed by atoms with Crippen LogP contribution in [0.4, 0.5) is 10.5 Å². The fraction of sp³-hybridized carbons (Fsp3) is 0.300. The average molecular weight is 271 g/mol. The lowest BCUT2D eigenvalue weighted by Gasteiger charge is -2.14. The van der Waals surface area contributed by atoms with Crippen LogP contribution in [-0.2, 0) is 11.3 Å². The quantitative estimate of drug-likeness (QED) is 0.837. The van der Waals surface area contributed by atoms with Crippen LogP contribution >= 0.6 is 15.9 Å². The highest BCUT2D eigenvalue weighted by atomic mass is 79.9. The molecule has 4 nitrogen and oxygen atoms in total. The van der Waals surface area contributed by atoms with Gasteiger partial charge in [-0.05, 0) is 17.7 Å². The average Bonchev–Trinajstić information content (AvgIpc) is 2.57. The van der Waals surface area contributed by atoms with Gasteiger partial charge in [-0.2, -0.15) is 0 Å². The Hall–Kier alpha value is -1.23. The zero-order valence-electron chi connectivity index (χ0n) is 8.07. The Morgan fingerprint density at radius 1 is 1.53 bits per heavy atom. The Morgan fingerprint density at radius 2 is 2.33 bits per heavy atom. The minimum absolute atomic E-state index is 0.266. The Labute approximate surface area is 96.1 Å². The molecular weight excluding hydrogens is 260 g/mol. The zero-order valence-corrected chi connectivity index (χ0v) is 9.66. The van der Waals surface area contributed by atoms with Gasteiger partial charge in [-0.15, -0.1) is 0 Å². The minimum atomic E-state index is -0.266. The summed E-state index contributed by atoms with van der Waals surface area (Å²) in [5.74, 6) is 0. The summed E-state index contributed by atoms with van der Waals surface area (Å²) < 4.78 is 5.78. The fourth-order valence-corrected chi connectivity index (χ4v) is 1.86. The summed E-state index contributed by atoms with van der Waals surface area (Å²) in [6.07, 6.45) is -0.266. The number of nitrogen functional groups attached to an aromatic ring is 1. The molecule has 1 amide bonds. The molecule has 0 aromatic heterocycles. The third-order valence-corrected chi connectivity index (χ3v) is 2.81. The molecule has 80 valence electrons. The van der Waals surface area contributed by atoms with Crippen molar-refractivity contribution in [1.82, 2.24) is 4.90 Å². The van der Waals surface area contributed by atoms with Gasteiger partial charge < -0.3 is 15.4 Å². The van der Waals surface area contributed by atoms with Crippen molar-refractivity contribution in [2.75, 3.05) is 18.9 Å². The summed E-state index contributed by atoms with van der Waals surface area (Å²) in [4.78, 5) is 12.8. The van der Waals surface area contributed by atoms with Crippen LogP contribution < -0.4 is 5.73 Å². The number of anilines is 1. The summed E-state index contributed by atoms with van der Waals surface area (Å²) in [6.45, 7) is 1.61. The van der Waals surface area contributed by atoms with E-state index in [2.05, 4.69) is 15.9 Å². The summed E-state index contributed by atoms with van der Waals surface area (Å²) >= 11 is 3.34. The van der Waals surface area contributed by atoms with E-state index in [1.54, 1.807) is 4.90 Å². The lowest BCUT2D eigenvalue weighted by Crippen LogP contribution is -2.23. The van der Waals surface area contributed by atoms with E-state index in [-0.39, 0.29) is 6.09 Å². The van der Waals surface area contributed by atoms with Gasteiger partial charge in [0.2, 0.25) is 0 Å². The van der Waals surface area contributed by atoms with Gasteiger partial charge in [0.15, 0.2) is 0 Å². The predicted octanol–water partition coefficient (Wildman–Crippen LogP) is 1.98. The number of benzene rings is 1. The molecule has 2 rings (SSSR count). The lowest BCUT2D eigenvalue weighted by molar-refractivity contribution is 0.157. The van der Waals surface area contributed by atoms with E-state index < -0.39 is 0 Å². The van der Waals surface area contributed by atoms with Gasteiger partial charge >= 0.3 is 6.09 Å². The first-order valence-electron chi connectivity index (χ1n) is 4.62. The molecule has 1 aliphatic heterocycles. The van der Waals surface area contributed by atoms with Crippen molar-refractivity contribution in [3.63, 3.8) is 0 Å². The molecule has 0 saturated carbocycles. The molecule has 1 aromatic carbocycles. The topological polar surface area (TPSA) is 55.6 Å². The molecule has 1 fully saturated rings. The van der Waals surface area contributed by atoms with E-state index >= 15 is 0 Å². The number of ether oxygens (including phenoxy) is 1. The third kappa shape index (κ3) is 2.23. The molecule has 15 heavy (non-hydrogen) atoms. The number of nitrogens with two attached hydrogens (primary N) is 1. The highest BCUT2D eigenvalue weighted by molar-refractivity contribution is 9.10. The number of halogens is 1. The molecule has 0 bridgehead atoms. The van der Waals surface area contributed by atoms with Crippen molar-refractivity contribution >= 4 is 27.7 Å². The monoisotopic (exact) mass is 270 g/mol. The Morgan fingerprint density at radius 3 is 2.93 bits per heavy atom. The van der Waals surface area contributed by atoms with Crippen molar-refractivity contribution in [1.29, 1.82) is 0 Å². The number of carbonyl (C=O) groups is 1. The van der Waals surface area contributed by atoms with E-state index in [4.69, 9.17) is 10.5 Å². The van der Waals surface area contributed by atoms with Crippen molar-refractivity contribution in [3.8, 4) is 0 Å². The van der Waals surface area contributed by atoms with E-state index in [0.29, 0.717) is 25.4 Å². The summed E-state index contributed by atoms with van der Waals surface area (Å²) in [5.41, 5.74) is 7.46. The van der Waals surface area contributed by atoms with Gasteiger partial charge in [0, 0.05) is 10.2 Å². The molecule has 2 N–H and O–H groups in total. The SMILES string of the molecule is Nc1cc(Br)ccc1CN1CCOC1=O. The standard InChI is InChI=1S/C10H11BrN2O2/c11-8-2-1-7(9(12)5-8)6-13-3-4-15-10(13)14/h1-2,5H,3-4,6,12H2. The maximum atomic E-state index is 11.2. The number of rotatable bonds is 2. The molecule has 0 aliphatic carbocycles. The number of cyclic esters (lactones) is 1. The molecule has 5 heteroatoms. The second-order valence-corrected chi connectivity index (χ2v) is 4.29. The number of carbonyl (C=O) groups excluding carboxylic acids is 1. The molecule has 1 saturated heterocycles. The molecule has 0 radical (unpaired) electrons. The Bertz CT molecular complexity index is 395. The van der Waals surface area contributed by atoms with Crippen molar-refractivity contribution < 1.29 is 9.53 Å². The van der Waals surface area contributed by atoms with Crippen molar-refractivity contribution in [3.05, 3.63) is 28.2 Å². The van der Waals surface area contributed by atoms with E-state index in [0.717, 1.165) is 10.0 Å². The first-order chi connectivity index (χ1) is 7.16. The number of hydrogen-bond donors (Lipinski definition) is 1. The fourth-order valence-electron chi connectivity index (χ4n) is 1.48. The van der Waals surface area contributed by atoms with Crippen molar-refractivity contribution in [2.45, 2.75) is 6.54 Å². The van der Waals surface area contributed by atoms with Crippen LogP contribution in [0.3, 0.4) is 0 Å². The molecular formula is C10H11BrN2O2. The number of amides is 1. The van der Waals surface area contributed by atoms with Crippen LogP contribution in [0, 0.1) is 0 Å². The van der Waals surface area contributed by atoms with Crippen molar-refractivity contribution in [2.24, 2.45) is 0 Å². The Kier molecular flexibility index (Phi) is 2.81. The number of nitrogens with zero attached hydrogens (tertiary/aromatic N) is 1. The van der Waals surface area contributed by atoms with Crippen LogP contribution in [0.1, 0.15) is 5.56 Å². The normalized spacial score (nSPS) is 15.5. The van der Waals surface area contributed by atoms with Crippen LogP contribution in [0.15, 0.2) is 22.7 Å². The molecule has 1 heterocycles. The third-order valence-electron chi connectivity index (χ3n) is 2.31. The molecule has 1 aliphatic rings. The van der Waals surface area contributed by atoms with E-state index in [9.17, 15) is 4.79 Å². The lowest BCUT2D eigenvalue weighted by atomic mass is 10.2. The van der Waals surface area contributed by atoms with Crippen LogP contribution in [0.2, 0.25) is 0 Å². The highest BCUT2D eigenvalue weighted by Gasteiger charge is 2.22. The van der Waals surface area contributed by atoms with Gasteiger partial charge in [0.05, 0.1) is 13.1 Å². The van der Waals surface area contributed by atoms with Gasteiger partial charge in [-0.25, -0.2) is 4.79 Å². The largest absolute Gasteiger partial charge is 0.448 e. The maximum Gasteiger partial charge on any atom is 0.410 e. The summed E-state index contributed by atoms with van der Waals surface area (Å²) in [6, 6.07) is 5.65. The van der Waals surface area contributed by atoms with Gasteiger partial charge in [0.1, 0.15) is 6.61 Å². The second kappa shape index (κ2) is 4.10. The Balaban J connectivity index is 2.13. The number of hydrogen-bond acceptors (Lipinski definition) is 3. The summed E-state index contributed by atoms with van der Waals surface area (Å²) in [7, 11) is 0. The molecule has 0 unspecified atom stereocenters. The van der Waals surface area contributed by atoms with E-state index in [1.165, 1.54) is 0 Å². The van der Waals surface area contributed by atoms with Gasteiger partial charge in [0.25, 0.3) is 0 Å².